The Kier molecular flexibility index (Phi) is 5.31. The summed E-state index contributed by atoms with van der Waals surface area (Å²) in [7, 11) is 0. The number of hydrogen-bond donors (Lipinski definition) is 1. The third-order valence-electron chi connectivity index (χ3n) is 4.61. The first-order valence-electron chi connectivity index (χ1n) is 9.03. The van der Waals surface area contributed by atoms with Crippen molar-refractivity contribution in [3.05, 3.63) is 98.7 Å². The molecule has 0 amide bonds. The molecule has 144 valence electrons. The Balaban J connectivity index is 1.77. The van der Waals surface area contributed by atoms with Crippen LogP contribution >= 0.6 is 12.2 Å². The molecule has 0 saturated carbocycles. The Bertz CT molecular complexity index is 1300. The lowest BCUT2D eigenvalue weighted by Crippen LogP contribution is -2.18. The van der Waals surface area contributed by atoms with Crippen LogP contribution in [-0.4, -0.2) is 21.1 Å². The number of aromatic nitrogens is 3. The van der Waals surface area contributed by atoms with Crippen LogP contribution in [0.15, 0.2) is 76.8 Å². The van der Waals surface area contributed by atoms with Crippen LogP contribution in [0.1, 0.15) is 16.7 Å². The first kappa shape index (κ1) is 18.8. The highest BCUT2D eigenvalue weighted by molar-refractivity contribution is 7.71. The minimum Gasteiger partial charge on any atom is -0.488 e. The average Bonchev–Trinajstić information content (AvgIpc) is 2.73. The van der Waals surface area contributed by atoms with Gasteiger partial charge >= 0.3 is 0 Å². The predicted molar refractivity (Wildman–Crippen MR) is 116 cm³/mol. The minimum absolute atomic E-state index is 0.122. The summed E-state index contributed by atoms with van der Waals surface area (Å²) in [5.41, 5.74) is 2.64. The van der Waals surface area contributed by atoms with Crippen molar-refractivity contribution in [1.82, 2.24) is 14.9 Å². The molecule has 1 aromatic heterocycles. The zero-order chi connectivity index (χ0) is 20.2. The van der Waals surface area contributed by atoms with Gasteiger partial charge in [-0.25, -0.2) is 0 Å². The molecule has 0 spiro atoms. The van der Waals surface area contributed by atoms with Crippen LogP contribution < -0.4 is 10.3 Å². The van der Waals surface area contributed by atoms with Gasteiger partial charge in [0, 0.05) is 5.56 Å². The third-order valence-corrected chi connectivity index (χ3v) is 4.88. The lowest BCUT2D eigenvalue weighted by molar-refractivity contribution is 0.305. The fourth-order valence-corrected chi connectivity index (χ4v) is 3.22. The summed E-state index contributed by atoms with van der Waals surface area (Å²) < 4.78 is 7.35. The standard InChI is InChI=1S/C22H18N4O2S/c1-15-6-2-3-8-17(15)14-28-20-11-10-16-7-4-5-9-18(16)19(20)12-24-26-21(27)13-23-25-22(26)29/h2-13H,14H2,1H3,(H,25,29)/b24-12+. The summed E-state index contributed by atoms with van der Waals surface area (Å²) >= 11 is 5.11. The van der Waals surface area contributed by atoms with E-state index in [1.54, 1.807) is 6.21 Å². The summed E-state index contributed by atoms with van der Waals surface area (Å²) in [6.07, 6.45) is 2.73. The molecule has 0 aliphatic carbocycles. The van der Waals surface area contributed by atoms with E-state index >= 15 is 0 Å². The van der Waals surface area contributed by atoms with Gasteiger partial charge < -0.3 is 4.74 Å². The molecule has 29 heavy (non-hydrogen) atoms. The van der Waals surface area contributed by atoms with E-state index in [2.05, 4.69) is 28.3 Å². The summed E-state index contributed by atoms with van der Waals surface area (Å²) in [6, 6.07) is 19.9. The van der Waals surface area contributed by atoms with Crippen LogP contribution in [0.3, 0.4) is 0 Å². The van der Waals surface area contributed by atoms with E-state index in [4.69, 9.17) is 17.0 Å². The molecule has 7 heteroatoms. The second-order valence-corrected chi connectivity index (χ2v) is 6.87. The number of hydrogen-bond acceptors (Lipinski definition) is 5. The van der Waals surface area contributed by atoms with Crippen LogP contribution in [0.2, 0.25) is 0 Å². The van der Waals surface area contributed by atoms with E-state index in [1.165, 1.54) is 0 Å². The van der Waals surface area contributed by atoms with E-state index in [9.17, 15) is 4.79 Å². The molecule has 3 aromatic carbocycles. The van der Waals surface area contributed by atoms with Gasteiger partial charge in [0.2, 0.25) is 4.77 Å². The zero-order valence-electron chi connectivity index (χ0n) is 15.7. The van der Waals surface area contributed by atoms with Gasteiger partial charge in [-0.1, -0.05) is 54.6 Å². The molecule has 1 heterocycles. The molecule has 0 aliphatic heterocycles. The lowest BCUT2D eigenvalue weighted by Gasteiger charge is -2.13. The quantitative estimate of drug-likeness (QED) is 0.401. The fraction of sp³-hybridized carbons (Fsp3) is 0.0909. The molecule has 0 unspecified atom stereocenters. The van der Waals surface area contributed by atoms with Crippen molar-refractivity contribution in [2.45, 2.75) is 13.5 Å². The molecule has 4 aromatic rings. The molecule has 0 aliphatic rings. The van der Waals surface area contributed by atoms with Gasteiger partial charge in [-0.2, -0.15) is 14.9 Å². The largest absolute Gasteiger partial charge is 0.488 e. The number of aromatic amines is 1. The van der Waals surface area contributed by atoms with Gasteiger partial charge in [0.15, 0.2) is 0 Å². The highest BCUT2D eigenvalue weighted by atomic mass is 32.1. The third kappa shape index (κ3) is 4.00. The Hall–Kier alpha value is -3.58. The zero-order valence-corrected chi connectivity index (χ0v) is 16.5. The van der Waals surface area contributed by atoms with Crippen LogP contribution in [0.25, 0.3) is 10.8 Å². The number of benzene rings is 3. The van der Waals surface area contributed by atoms with E-state index in [1.807, 2.05) is 54.6 Å². The van der Waals surface area contributed by atoms with Gasteiger partial charge in [-0.05, 0) is 47.1 Å². The predicted octanol–water partition coefficient (Wildman–Crippen LogP) is 4.22. The van der Waals surface area contributed by atoms with Crippen molar-refractivity contribution >= 4 is 29.2 Å². The summed E-state index contributed by atoms with van der Waals surface area (Å²) in [6.45, 7) is 2.49. The van der Waals surface area contributed by atoms with Gasteiger partial charge in [-0.15, -0.1) is 0 Å². The number of nitrogens with zero attached hydrogens (tertiary/aromatic N) is 3. The summed E-state index contributed by atoms with van der Waals surface area (Å²) in [5.74, 6) is 0.674. The molecular formula is C22H18N4O2S. The van der Waals surface area contributed by atoms with Gasteiger partial charge in [-0.3, -0.25) is 9.89 Å². The monoisotopic (exact) mass is 402 g/mol. The molecular weight excluding hydrogens is 384 g/mol. The number of rotatable bonds is 5. The number of ether oxygens (including phenoxy) is 1. The van der Waals surface area contributed by atoms with E-state index < -0.39 is 5.56 Å². The number of H-pyrrole nitrogens is 1. The second-order valence-electron chi connectivity index (χ2n) is 6.48. The van der Waals surface area contributed by atoms with Crippen molar-refractivity contribution in [2.24, 2.45) is 5.10 Å². The number of aryl methyl sites for hydroxylation is 1. The average molecular weight is 402 g/mol. The number of nitrogens with one attached hydrogen (secondary N) is 1. The first-order valence-corrected chi connectivity index (χ1v) is 9.44. The Labute approximate surface area is 172 Å². The maximum absolute atomic E-state index is 12.0. The first-order chi connectivity index (χ1) is 14.1. The smallest absolute Gasteiger partial charge is 0.293 e. The van der Waals surface area contributed by atoms with Crippen LogP contribution in [0, 0.1) is 11.7 Å². The summed E-state index contributed by atoms with van der Waals surface area (Å²) in [4.78, 5) is 12.0. The maximum Gasteiger partial charge on any atom is 0.293 e. The molecule has 0 bridgehead atoms. The molecule has 1 N–H and O–H groups in total. The SMILES string of the molecule is Cc1ccccc1COc1ccc2ccccc2c1/C=N/n1c(=O)cn[nH]c1=S. The molecule has 4 rings (SSSR count). The van der Waals surface area contributed by atoms with Gasteiger partial charge in [0.25, 0.3) is 5.56 Å². The van der Waals surface area contributed by atoms with Crippen LogP contribution in [0.5, 0.6) is 5.75 Å². The van der Waals surface area contributed by atoms with Crippen molar-refractivity contribution in [3.63, 3.8) is 0 Å². The second kappa shape index (κ2) is 8.20. The molecule has 0 atom stereocenters. The Morgan fingerprint density at radius 1 is 1.14 bits per heavy atom. The van der Waals surface area contributed by atoms with Crippen LogP contribution in [-0.2, 0) is 6.61 Å². The molecule has 0 saturated heterocycles. The maximum atomic E-state index is 12.0. The topological polar surface area (TPSA) is 72.3 Å². The normalized spacial score (nSPS) is 11.2. The molecule has 6 nitrogen and oxygen atoms in total. The Morgan fingerprint density at radius 2 is 1.93 bits per heavy atom. The van der Waals surface area contributed by atoms with Crippen molar-refractivity contribution < 1.29 is 4.74 Å². The van der Waals surface area contributed by atoms with E-state index in [-0.39, 0.29) is 4.77 Å². The Morgan fingerprint density at radius 3 is 2.76 bits per heavy atom. The van der Waals surface area contributed by atoms with Crippen molar-refractivity contribution in [3.8, 4) is 5.75 Å². The fourth-order valence-electron chi connectivity index (χ4n) is 3.03. The highest BCUT2D eigenvalue weighted by Gasteiger charge is 2.09. The summed E-state index contributed by atoms with van der Waals surface area (Å²) in [5, 5.41) is 12.5. The van der Waals surface area contributed by atoms with Gasteiger partial charge in [0.05, 0.1) is 6.21 Å². The van der Waals surface area contributed by atoms with Crippen molar-refractivity contribution in [2.75, 3.05) is 0 Å². The van der Waals surface area contributed by atoms with Gasteiger partial charge in [0.1, 0.15) is 18.6 Å². The molecule has 0 fully saturated rings. The lowest BCUT2D eigenvalue weighted by atomic mass is 10.0. The van der Waals surface area contributed by atoms with E-state index in [0.29, 0.717) is 12.4 Å². The molecule has 0 radical (unpaired) electrons. The highest BCUT2D eigenvalue weighted by Crippen LogP contribution is 2.27. The van der Waals surface area contributed by atoms with E-state index in [0.717, 1.165) is 38.3 Å². The van der Waals surface area contributed by atoms with Crippen LogP contribution in [0.4, 0.5) is 0 Å². The minimum atomic E-state index is -0.410. The van der Waals surface area contributed by atoms with Crippen molar-refractivity contribution in [1.29, 1.82) is 0 Å². The number of fused-ring (bicyclic) bond motifs is 1.